The maximum Gasteiger partial charge on any atom is 0.433 e. The Labute approximate surface area is 148 Å². The van der Waals surface area contributed by atoms with Crippen molar-refractivity contribution in [1.29, 1.82) is 0 Å². The number of aromatic nitrogens is 1. The quantitative estimate of drug-likeness (QED) is 0.796. The monoisotopic (exact) mass is 372 g/mol. The maximum absolute atomic E-state index is 12.6. The largest absolute Gasteiger partial charge is 0.433 e. The van der Waals surface area contributed by atoms with Gasteiger partial charge in [-0.2, -0.15) is 13.2 Å². The third-order valence-electron chi connectivity index (χ3n) is 6.26. The number of halogens is 3. The summed E-state index contributed by atoms with van der Waals surface area (Å²) in [5.41, 5.74) is 0.458. The Balaban J connectivity index is 1.33. The van der Waals surface area contributed by atoms with Crippen molar-refractivity contribution in [1.82, 2.24) is 9.88 Å². The van der Waals surface area contributed by atoms with Crippen LogP contribution in [0.1, 0.15) is 49.3 Å². The molecule has 0 bridgehead atoms. The molecule has 1 aromatic heterocycles. The smallest absolute Gasteiger partial charge is 0.300 e. The average Bonchev–Trinajstić information content (AvgIpc) is 3.04. The van der Waals surface area contributed by atoms with Crippen molar-refractivity contribution in [2.45, 2.75) is 50.2 Å². The van der Waals surface area contributed by atoms with E-state index in [-0.39, 0.29) is 0 Å². The lowest BCUT2D eigenvalue weighted by Crippen LogP contribution is -2.53. The van der Waals surface area contributed by atoms with Crippen LogP contribution in [0.25, 0.3) is 0 Å². The standard InChI is InChI=1S/C18H23F3N2OS/c19-18(20,21)16-4-2-14(10-22-16)13-1-3-15(9-13)23-7-5-17(6-8-23)11-25(24)12-17/h2,4,10,13,15H,1,3,5-9,11-12H2. The van der Waals surface area contributed by atoms with Crippen LogP contribution in [0, 0.1) is 5.41 Å². The normalized spacial score (nSPS) is 30.5. The molecule has 1 spiro atoms. The third-order valence-corrected chi connectivity index (χ3v) is 8.13. The molecule has 25 heavy (non-hydrogen) atoms. The molecule has 138 valence electrons. The zero-order valence-electron chi connectivity index (χ0n) is 14.1. The second-order valence-electron chi connectivity index (χ2n) is 7.90. The zero-order chi connectivity index (χ0) is 17.7. The van der Waals surface area contributed by atoms with E-state index in [0.717, 1.165) is 68.3 Å². The topological polar surface area (TPSA) is 33.2 Å². The van der Waals surface area contributed by atoms with Gasteiger partial charge in [-0.1, -0.05) is 6.07 Å². The predicted octanol–water partition coefficient (Wildman–Crippen LogP) is 3.58. The summed E-state index contributed by atoms with van der Waals surface area (Å²) in [6, 6.07) is 3.22. The fourth-order valence-electron chi connectivity index (χ4n) is 4.70. The number of nitrogens with zero attached hydrogens (tertiary/aromatic N) is 2. The SMILES string of the molecule is O=S1CC2(CCN(C3CCC(c4ccc(C(F)(F)F)nc4)C3)CC2)C1. The van der Waals surface area contributed by atoms with Crippen LogP contribution < -0.4 is 0 Å². The fourth-order valence-corrected chi connectivity index (χ4v) is 6.56. The number of hydrogen-bond donors (Lipinski definition) is 0. The Kier molecular flexibility index (Phi) is 4.43. The van der Waals surface area contributed by atoms with Crippen LogP contribution in [0.2, 0.25) is 0 Å². The number of pyridine rings is 1. The van der Waals surface area contributed by atoms with Crippen molar-refractivity contribution in [2.75, 3.05) is 24.6 Å². The van der Waals surface area contributed by atoms with E-state index in [1.807, 2.05) is 0 Å². The van der Waals surface area contributed by atoms with Gasteiger partial charge in [0.15, 0.2) is 0 Å². The molecule has 2 unspecified atom stereocenters. The van der Waals surface area contributed by atoms with Gasteiger partial charge in [0, 0.05) is 34.5 Å². The molecule has 3 nitrogen and oxygen atoms in total. The minimum absolute atomic E-state index is 0.312. The lowest BCUT2D eigenvalue weighted by molar-refractivity contribution is -0.141. The Morgan fingerprint density at radius 2 is 1.88 bits per heavy atom. The van der Waals surface area contributed by atoms with Gasteiger partial charge in [0.05, 0.1) is 0 Å². The van der Waals surface area contributed by atoms with E-state index < -0.39 is 22.7 Å². The molecule has 4 rings (SSSR count). The first-order chi connectivity index (χ1) is 11.8. The van der Waals surface area contributed by atoms with Crippen molar-refractivity contribution >= 4 is 10.8 Å². The van der Waals surface area contributed by atoms with Gasteiger partial charge in [-0.05, 0) is 68.2 Å². The molecule has 3 aliphatic rings. The summed E-state index contributed by atoms with van der Waals surface area (Å²) in [5.74, 6) is 2.07. The van der Waals surface area contributed by atoms with Gasteiger partial charge in [-0.15, -0.1) is 0 Å². The maximum atomic E-state index is 12.6. The Hall–Kier alpha value is -0.950. The summed E-state index contributed by atoms with van der Waals surface area (Å²) in [6.45, 7) is 2.14. The van der Waals surface area contributed by atoms with E-state index in [9.17, 15) is 17.4 Å². The highest BCUT2D eigenvalue weighted by atomic mass is 32.2. The molecular weight excluding hydrogens is 349 g/mol. The van der Waals surface area contributed by atoms with Crippen molar-refractivity contribution in [2.24, 2.45) is 5.41 Å². The number of rotatable bonds is 2. The van der Waals surface area contributed by atoms with Crippen LogP contribution >= 0.6 is 0 Å². The van der Waals surface area contributed by atoms with Crippen molar-refractivity contribution in [3.8, 4) is 0 Å². The predicted molar refractivity (Wildman–Crippen MR) is 90.7 cm³/mol. The molecule has 0 aromatic carbocycles. The minimum atomic E-state index is -4.37. The molecule has 2 aliphatic heterocycles. The lowest BCUT2D eigenvalue weighted by Gasteiger charge is -2.48. The summed E-state index contributed by atoms with van der Waals surface area (Å²) in [6.07, 6.45) is 2.44. The molecular formula is C18H23F3N2OS. The summed E-state index contributed by atoms with van der Waals surface area (Å²) in [7, 11) is -0.587. The summed E-state index contributed by atoms with van der Waals surface area (Å²) >= 11 is 0. The Bertz CT molecular complexity index is 643. The number of likely N-dealkylation sites (tertiary alicyclic amines) is 1. The number of hydrogen-bond acceptors (Lipinski definition) is 3. The molecule has 1 saturated carbocycles. The van der Waals surface area contributed by atoms with E-state index in [0.29, 0.717) is 17.4 Å². The molecule has 3 heterocycles. The van der Waals surface area contributed by atoms with E-state index >= 15 is 0 Å². The Morgan fingerprint density at radius 3 is 2.44 bits per heavy atom. The molecule has 0 amide bonds. The first-order valence-electron chi connectivity index (χ1n) is 8.97. The first-order valence-corrected chi connectivity index (χ1v) is 10.5. The van der Waals surface area contributed by atoms with Crippen LogP contribution in [0.15, 0.2) is 18.3 Å². The van der Waals surface area contributed by atoms with Gasteiger partial charge >= 0.3 is 6.18 Å². The second kappa shape index (κ2) is 6.34. The molecule has 3 fully saturated rings. The van der Waals surface area contributed by atoms with E-state index in [4.69, 9.17) is 0 Å². The summed E-state index contributed by atoms with van der Waals surface area (Å²) in [5, 5.41) is 0. The van der Waals surface area contributed by atoms with Crippen LogP contribution in [-0.2, 0) is 17.0 Å². The van der Waals surface area contributed by atoms with Gasteiger partial charge in [0.2, 0.25) is 0 Å². The lowest BCUT2D eigenvalue weighted by atomic mass is 9.80. The highest BCUT2D eigenvalue weighted by Gasteiger charge is 2.46. The fraction of sp³-hybridized carbons (Fsp3) is 0.722. The number of piperidine rings is 1. The molecule has 7 heteroatoms. The third kappa shape index (κ3) is 3.50. The second-order valence-corrected chi connectivity index (χ2v) is 9.36. The van der Waals surface area contributed by atoms with Crippen LogP contribution in [0.4, 0.5) is 13.2 Å². The molecule has 2 saturated heterocycles. The molecule has 2 atom stereocenters. The van der Waals surface area contributed by atoms with Gasteiger partial charge in [0.1, 0.15) is 5.69 Å². The van der Waals surface area contributed by atoms with Gasteiger partial charge in [-0.3, -0.25) is 9.19 Å². The van der Waals surface area contributed by atoms with E-state index in [1.165, 1.54) is 6.20 Å². The molecule has 0 radical (unpaired) electrons. The molecule has 0 N–H and O–H groups in total. The summed E-state index contributed by atoms with van der Waals surface area (Å²) in [4.78, 5) is 6.16. The van der Waals surface area contributed by atoms with Gasteiger partial charge in [-0.25, -0.2) is 0 Å². The zero-order valence-corrected chi connectivity index (χ0v) is 14.9. The van der Waals surface area contributed by atoms with Crippen molar-refractivity contribution in [3.05, 3.63) is 29.6 Å². The van der Waals surface area contributed by atoms with Crippen molar-refractivity contribution < 1.29 is 17.4 Å². The minimum Gasteiger partial charge on any atom is -0.300 e. The number of alkyl halides is 3. The summed E-state index contributed by atoms with van der Waals surface area (Å²) < 4.78 is 49.3. The Morgan fingerprint density at radius 1 is 1.16 bits per heavy atom. The van der Waals surface area contributed by atoms with Gasteiger partial charge in [0.25, 0.3) is 0 Å². The average molecular weight is 372 g/mol. The molecule has 1 aliphatic carbocycles. The van der Waals surface area contributed by atoms with E-state index in [2.05, 4.69) is 9.88 Å². The van der Waals surface area contributed by atoms with Crippen LogP contribution in [0.5, 0.6) is 0 Å². The highest BCUT2D eigenvalue weighted by Crippen LogP contribution is 2.43. The van der Waals surface area contributed by atoms with Crippen molar-refractivity contribution in [3.63, 3.8) is 0 Å². The van der Waals surface area contributed by atoms with Crippen LogP contribution in [-0.4, -0.2) is 44.7 Å². The van der Waals surface area contributed by atoms with E-state index in [1.54, 1.807) is 6.07 Å². The molecule has 1 aromatic rings. The highest BCUT2D eigenvalue weighted by molar-refractivity contribution is 7.86. The van der Waals surface area contributed by atoms with Crippen LogP contribution in [0.3, 0.4) is 0 Å². The first kappa shape index (κ1) is 17.5. The van der Waals surface area contributed by atoms with Gasteiger partial charge < -0.3 is 4.90 Å².